The Hall–Kier alpha value is -2.91. The number of rotatable bonds is 7. The van der Waals surface area contributed by atoms with Crippen LogP contribution in [0.5, 0.6) is 11.5 Å². The van der Waals surface area contributed by atoms with Gasteiger partial charge >= 0.3 is 0 Å². The van der Waals surface area contributed by atoms with Crippen molar-refractivity contribution in [2.24, 2.45) is 0 Å². The molecule has 9 heteroatoms. The summed E-state index contributed by atoms with van der Waals surface area (Å²) in [5.74, 6) is 1.73. The van der Waals surface area contributed by atoms with Crippen LogP contribution in [0.15, 0.2) is 47.0 Å². The Labute approximate surface area is 181 Å². The van der Waals surface area contributed by atoms with Crippen LogP contribution in [0.3, 0.4) is 0 Å². The van der Waals surface area contributed by atoms with Crippen LogP contribution in [0, 0.1) is 0 Å². The molecule has 164 valence electrons. The minimum absolute atomic E-state index is 0.00328. The van der Waals surface area contributed by atoms with E-state index in [4.69, 9.17) is 14.0 Å². The molecule has 31 heavy (non-hydrogen) atoms. The smallest absolute Gasteiger partial charge is 0.242 e. The van der Waals surface area contributed by atoms with Gasteiger partial charge in [0.05, 0.1) is 38.6 Å². The van der Waals surface area contributed by atoms with Gasteiger partial charge in [0.15, 0.2) is 0 Å². The van der Waals surface area contributed by atoms with Crippen LogP contribution in [0.4, 0.5) is 0 Å². The molecule has 2 aromatic carbocycles. The first-order chi connectivity index (χ1) is 14.9. The molecular weight excluding hydrogens is 418 g/mol. The van der Waals surface area contributed by atoms with Crippen LogP contribution in [0.1, 0.15) is 35.9 Å². The molecule has 0 fully saturated rings. The number of fused-ring (bicyclic) bond motifs is 1. The van der Waals surface area contributed by atoms with Crippen molar-refractivity contribution < 1.29 is 22.4 Å². The van der Waals surface area contributed by atoms with Gasteiger partial charge in [0.1, 0.15) is 11.5 Å². The molecule has 0 aliphatic heterocycles. The van der Waals surface area contributed by atoms with E-state index in [1.165, 1.54) is 16.1 Å². The Kier molecular flexibility index (Phi) is 5.97. The van der Waals surface area contributed by atoms with Crippen LogP contribution in [0.2, 0.25) is 0 Å². The van der Waals surface area contributed by atoms with Crippen LogP contribution >= 0.6 is 0 Å². The standard InChI is InChI=1S/C22H25N3O5S/c1-28-16-11-12-18(20(13-16)29-2)22-23-21(30-24-22)14-25(31(3,26)27)19-10-6-8-15-7-4-5-9-17(15)19/h4-5,7,9,11-13,19H,6,8,10,14H2,1-3H3/t19-/m1/s1. The molecule has 8 nitrogen and oxygen atoms in total. The third-order valence-corrected chi connectivity index (χ3v) is 6.76. The van der Waals surface area contributed by atoms with E-state index < -0.39 is 10.0 Å². The predicted octanol–water partition coefficient (Wildman–Crippen LogP) is 3.59. The number of ether oxygens (including phenoxy) is 2. The van der Waals surface area contributed by atoms with Crippen LogP contribution in [-0.2, 0) is 23.0 Å². The van der Waals surface area contributed by atoms with E-state index in [0.717, 1.165) is 24.8 Å². The average Bonchev–Trinajstić information content (AvgIpc) is 3.24. The van der Waals surface area contributed by atoms with Crippen molar-refractivity contribution in [3.8, 4) is 22.9 Å². The topological polar surface area (TPSA) is 94.8 Å². The van der Waals surface area contributed by atoms with Gasteiger partial charge in [-0.3, -0.25) is 0 Å². The first-order valence-electron chi connectivity index (χ1n) is 10.0. The number of nitrogens with zero attached hydrogens (tertiary/aromatic N) is 3. The van der Waals surface area contributed by atoms with E-state index in [0.29, 0.717) is 22.9 Å². The summed E-state index contributed by atoms with van der Waals surface area (Å²) in [6.07, 6.45) is 3.84. The molecule has 0 unspecified atom stereocenters. The fourth-order valence-electron chi connectivity index (χ4n) is 4.03. The van der Waals surface area contributed by atoms with Gasteiger partial charge in [-0.05, 0) is 42.5 Å². The van der Waals surface area contributed by atoms with Gasteiger partial charge in [-0.25, -0.2) is 8.42 Å². The van der Waals surface area contributed by atoms with Crippen LogP contribution < -0.4 is 9.47 Å². The number of aromatic nitrogens is 2. The molecule has 0 amide bonds. The molecule has 1 aromatic heterocycles. The molecule has 0 bridgehead atoms. The Balaban J connectivity index is 1.65. The maximum Gasteiger partial charge on any atom is 0.242 e. The molecule has 1 heterocycles. The van der Waals surface area contributed by atoms with Crippen molar-refractivity contribution in [3.05, 3.63) is 59.5 Å². The molecule has 4 rings (SSSR count). The number of hydrogen-bond acceptors (Lipinski definition) is 7. The summed E-state index contributed by atoms with van der Waals surface area (Å²) in [6.45, 7) is 0.00328. The van der Waals surface area contributed by atoms with E-state index in [-0.39, 0.29) is 18.5 Å². The SMILES string of the molecule is COc1ccc(-c2noc(CN([C@@H]3CCCc4ccccc43)S(C)(=O)=O)n2)c(OC)c1. The summed E-state index contributed by atoms with van der Waals surface area (Å²) >= 11 is 0. The van der Waals surface area contributed by atoms with Crippen LogP contribution in [0.25, 0.3) is 11.4 Å². The van der Waals surface area contributed by atoms with E-state index in [2.05, 4.69) is 16.2 Å². The highest BCUT2D eigenvalue weighted by atomic mass is 32.2. The van der Waals surface area contributed by atoms with E-state index in [1.807, 2.05) is 18.2 Å². The van der Waals surface area contributed by atoms with Crippen molar-refractivity contribution in [1.29, 1.82) is 0 Å². The quantitative estimate of drug-likeness (QED) is 0.551. The Morgan fingerprint density at radius 2 is 1.97 bits per heavy atom. The van der Waals surface area contributed by atoms with E-state index in [9.17, 15) is 8.42 Å². The molecule has 1 aliphatic carbocycles. The van der Waals surface area contributed by atoms with Crippen molar-refractivity contribution in [3.63, 3.8) is 0 Å². The number of methoxy groups -OCH3 is 2. The summed E-state index contributed by atoms with van der Waals surface area (Å²) in [5.41, 5.74) is 2.85. The van der Waals surface area contributed by atoms with Crippen LogP contribution in [-0.4, -0.2) is 43.3 Å². The Morgan fingerprint density at radius 3 is 2.71 bits per heavy atom. The zero-order chi connectivity index (χ0) is 22.0. The fourth-order valence-corrected chi connectivity index (χ4v) is 5.06. The molecule has 3 aromatic rings. The summed E-state index contributed by atoms with van der Waals surface area (Å²) in [4.78, 5) is 4.44. The lowest BCUT2D eigenvalue weighted by Crippen LogP contribution is -2.35. The monoisotopic (exact) mass is 443 g/mol. The highest BCUT2D eigenvalue weighted by Crippen LogP contribution is 2.37. The Morgan fingerprint density at radius 1 is 1.16 bits per heavy atom. The average molecular weight is 444 g/mol. The molecular formula is C22H25N3O5S. The van der Waals surface area contributed by atoms with Gasteiger partial charge in [-0.15, -0.1) is 0 Å². The third kappa shape index (κ3) is 4.42. The Bertz CT molecular complexity index is 1180. The molecule has 1 aliphatic rings. The summed E-state index contributed by atoms with van der Waals surface area (Å²) in [5, 5.41) is 4.05. The lowest BCUT2D eigenvalue weighted by Gasteiger charge is -2.33. The van der Waals surface area contributed by atoms with Gasteiger partial charge in [0.25, 0.3) is 0 Å². The maximum absolute atomic E-state index is 12.7. The van der Waals surface area contributed by atoms with Gasteiger partial charge in [0.2, 0.25) is 21.7 Å². The first kappa shape index (κ1) is 21.3. The third-order valence-electron chi connectivity index (χ3n) is 5.52. The lowest BCUT2D eigenvalue weighted by molar-refractivity contribution is 0.251. The molecule has 0 spiro atoms. The lowest BCUT2D eigenvalue weighted by atomic mass is 9.88. The number of aryl methyl sites for hydroxylation is 1. The van der Waals surface area contributed by atoms with Gasteiger partial charge in [0, 0.05) is 6.07 Å². The van der Waals surface area contributed by atoms with Crippen molar-refractivity contribution in [2.45, 2.75) is 31.8 Å². The van der Waals surface area contributed by atoms with Gasteiger partial charge < -0.3 is 14.0 Å². The summed E-state index contributed by atoms with van der Waals surface area (Å²) in [7, 11) is -0.398. The number of benzene rings is 2. The molecule has 0 radical (unpaired) electrons. The zero-order valence-corrected chi connectivity index (χ0v) is 18.6. The van der Waals surface area contributed by atoms with Gasteiger partial charge in [-0.1, -0.05) is 29.4 Å². The van der Waals surface area contributed by atoms with Crippen molar-refractivity contribution >= 4 is 10.0 Å². The second kappa shape index (κ2) is 8.68. The minimum atomic E-state index is -3.52. The van der Waals surface area contributed by atoms with Gasteiger partial charge in [-0.2, -0.15) is 9.29 Å². The number of hydrogen-bond donors (Lipinski definition) is 0. The van der Waals surface area contributed by atoms with E-state index in [1.54, 1.807) is 32.4 Å². The highest BCUT2D eigenvalue weighted by molar-refractivity contribution is 7.88. The molecule has 0 saturated heterocycles. The second-order valence-corrected chi connectivity index (χ2v) is 9.43. The maximum atomic E-state index is 12.7. The molecule has 0 N–H and O–H groups in total. The summed E-state index contributed by atoms with van der Waals surface area (Å²) < 4.78 is 42.9. The van der Waals surface area contributed by atoms with Crippen molar-refractivity contribution in [1.82, 2.24) is 14.4 Å². The first-order valence-corrected chi connectivity index (χ1v) is 11.8. The fraction of sp³-hybridized carbons (Fsp3) is 0.364. The largest absolute Gasteiger partial charge is 0.497 e. The van der Waals surface area contributed by atoms with Crippen molar-refractivity contribution in [2.75, 3.05) is 20.5 Å². The van der Waals surface area contributed by atoms with E-state index >= 15 is 0 Å². The highest BCUT2D eigenvalue weighted by Gasteiger charge is 2.33. The zero-order valence-electron chi connectivity index (χ0n) is 17.7. The molecule has 1 atom stereocenters. The second-order valence-electron chi connectivity index (χ2n) is 7.49. The summed E-state index contributed by atoms with van der Waals surface area (Å²) in [6, 6.07) is 13.0. The number of sulfonamides is 1. The molecule has 0 saturated carbocycles. The predicted molar refractivity (Wildman–Crippen MR) is 115 cm³/mol. The minimum Gasteiger partial charge on any atom is -0.497 e. The normalized spacial score (nSPS) is 16.2.